The Balaban J connectivity index is 0.00000256. The average Bonchev–Trinajstić information content (AvgIpc) is 3.09. The molecule has 4 rings (SSSR count). The molecule has 6 nitrogen and oxygen atoms in total. The molecular weight excluding hydrogens is 422 g/mol. The molecule has 0 atom stereocenters. The van der Waals surface area contributed by atoms with E-state index in [2.05, 4.69) is 9.97 Å². The van der Waals surface area contributed by atoms with Crippen molar-refractivity contribution in [3.63, 3.8) is 0 Å². The van der Waals surface area contributed by atoms with Crippen molar-refractivity contribution in [3.8, 4) is 22.9 Å². The van der Waals surface area contributed by atoms with Gasteiger partial charge in [0.15, 0.2) is 0 Å². The molecule has 1 heterocycles. The summed E-state index contributed by atoms with van der Waals surface area (Å²) in [5.41, 5.74) is 3.97. The molecule has 3 aromatic carbocycles. The van der Waals surface area contributed by atoms with Crippen LogP contribution in [0.4, 0.5) is 0 Å². The van der Waals surface area contributed by atoms with E-state index in [1.807, 2.05) is 36.6 Å². The predicted molar refractivity (Wildman–Crippen MR) is 120 cm³/mol. The Hall–Kier alpha value is -3.00. The number of H-pyrrole nitrogens is 1. The van der Waals surface area contributed by atoms with Crippen molar-refractivity contribution in [3.05, 3.63) is 70.7 Å². The predicted octanol–water partition coefficient (Wildman–Crippen LogP) is 5.45. The Kier molecular flexibility index (Phi) is 6.36. The van der Waals surface area contributed by atoms with Gasteiger partial charge < -0.3 is 25.8 Å². The molecule has 0 aliphatic carbocycles. The number of halogens is 1. The molecule has 30 heavy (non-hydrogen) atoms. The Labute approximate surface area is 182 Å². The summed E-state index contributed by atoms with van der Waals surface area (Å²) in [5, 5.41) is 11.8. The third-order valence-corrected chi connectivity index (χ3v) is 5.65. The molecule has 0 radical (unpaired) electrons. The van der Waals surface area contributed by atoms with E-state index >= 15 is 0 Å². The molecular formula is C22H20ClN3O3S. The van der Waals surface area contributed by atoms with E-state index in [9.17, 15) is 9.90 Å². The average molecular weight is 442 g/mol. The number of quaternary nitrogens is 1. The summed E-state index contributed by atoms with van der Waals surface area (Å²) < 4.78 is 5.72. The molecule has 0 aliphatic heterocycles. The molecule has 154 valence electrons. The number of aromatic amines is 1. The van der Waals surface area contributed by atoms with E-state index in [0.717, 1.165) is 16.6 Å². The molecule has 0 fully saturated rings. The first kappa shape index (κ1) is 21.7. The first-order valence-electron chi connectivity index (χ1n) is 8.78. The number of benzene rings is 3. The number of rotatable bonds is 5. The number of thioether (sulfide) groups is 1. The molecule has 1 aromatic heterocycles. The van der Waals surface area contributed by atoms with Crippen molar-refractivity contribution >= 4 is 40.4 Å². The molecule has 0 amide bonds. The van der Waals surface area contributed by atoms with Crippen LogP contribution in [0.5, 0.6) is 11.8 Å². The maximum absolute atomic E-state index is 11.2. The summed E-state index contributed by atoms with van der Waals surface area (Å²) in [6, 6.07) is 16.9. The molecule has 0 saturated heterocycles. The molecule has 4 aromatic rings. The standard InChI is InChI=1S/C22H17ClN2O3S.H3N/c1-12-3-6-14(9-16(12)21(26)27)28-22-24-19-10-17(18(23)11-20(19)25-22)13-4-7-15(29-2)8-5-13;/h3-11H,1-2H3,(H,24,25)(H,26,27);1H3. The Morgan fingerprint density at radius 3 is 2.53 bits per heavy atom. The van der Waals surface area contributed by atoms with Crippen LogP contribution < -0.4 is 16.0 Å². The van der Waals surface area contributed by atoms with Crippen LogP contribution in [0.2, 0.25) is 5.02 Å². The van der Waals surface area contributed by atoms with Crippen LogP contribution >= 0.6 is 23.4 Å². The fourth-order valence-electron chi connectivity index (χ4n) is 3.04. The van der Waals surface area contributed by atoms with Gasteiger partial charge in [-0.1, -0.05) is 29.8 Å². The molecule has 0 aliphatic rings. The molecule has 0 bridgehead atoms. The number of aromatic carboxylic acids is 1. The van der Waals surface area contributed by atoms with Crippen molar-refractivity contribution in [1.29, 1.82) is 0 Å². The van der Waals surface area contributed by atoms with Gasteiger partial charge >= 0.3 is 0 Å². The third kappa shape index (κ3) is 4.28. The highest BCUT2D eigenvalue weighted by atomic mass is 35.5. The van der Waals surface area contributed by atoms with Gasteiger partial charge in [0.2, 0.25) is 0 Å². The summed E-state index contributed by atoms with van der Waals surface area (Å²) >= 11 is 8.17. The van der Waals surface area contributed by atoms with Crippen molar-refractivity contribution in [2.75, 3.05) is 6.26 Å². The van der Waals surface area contributed by atoms with Gasteiger partial charge in [-0.2, -0.15) is 4.98 Å². The highest BCUT2D eigenvalue weighted by Gasteiger charge is 2.12. The molecule has 0 spiro atoms. The second-order valence-corrected chi connectivity index (χ2v) is 7.77. The van der Waals surface area contributed by atoms with Crippen LogP contribution in [0.1, 0.15) is 15.9 Å². The first-order valence-corrected chi connectivity index (χ1v) is 10.4. The van der Waals surface area contributed by atoms with Gasteiger partial charge in [0.05, 0.1) is 22.0 Å². The lowest BCUT2D eigenvalue weighted by atomic mass is 10.1. The number of hydrogen-bond donors (Lipinski definition) is 2. The zero-order chi connectivity index (χ0) is 20.5. The monoisotopic (exact) mass is 441 g/mol. The normalized spacial score (nSPS) is 10.6. The van der Waals surface area contributed by atoms with Crippen molar-refractivity contribution in [1.82, 2.24) is 16.1 Å². The van der Waals surface area contributed by atoms with E-state index < -0.39 is 5.97 Å². The van der Waals surface area contributed by atoms with Crippen molar-refractivity contribution in [2.45, 2.75) is 11.8 Å². The fraction of sp³-hybridized carbons (Fsp3) is 0.0909. The summed E-state index contributed by atoms with van der Waals surface area (Å²) in [6.45, 7) is 1.70. The van der Waals surface area contributed by atoms with E-state index in [4.69, 9.17) is 16.3 Å². The number of ether oxygens (including phenoxy) is 1. The van der Waals surface area contributed by atoms with Crippen LogP contribution in [-0.4, -0.2) is 22.2 Å². The number of carboxylic acid groups (broad SMARTS) is 1. The zero-order valence-corrected chi connectivity index (χ0v) is 18.2. The molecule has 5 N–H and O–H groups in total. The minimum Gasteiger partial charge on any atom is -0.545 e. The number of hydrogen-bond acceptors (Lipinski definition) is 5. The number of carbonyl (C=O) groups is 1. The van der Waals surface area contributed by atoms with Gasteiger partial charge in [0.1, 0.15) is 5.75 Å². The summed E-state index contributed by atoms with van der Waals surface area (Å²) in [5.74, 6) is -0.894. The number of aromatic nitrogens is 2. The third-order valence-electron chi connectivity index (χ3n) is 4.59. The quantitative estimate of drug-likeness (QED) is 0.400. The van der Waals surface area contributed by atoms with Gasteiger partial charge in [0, 0.05) is 16.0 Å². The number of imidazole rings is 1. The second-order valence-electron chi connectivity index (χ2n) is 6.49. The van der Waals surface area contributed by atoms with E-state index in [-0.39, 0.29) is 17.7 Å². The zero-order valence-electron chi connectivity index (χ0n) is 16.7. The lowest BCUT2D eigenvalue weighted by molar-refractivity contribution is -0.255. The Bertz CT molecular complexity index is 1220. The Morgan fingerprint density at radius 1 is 1.13 bits per heavy atom. The van der Waals surface area contributed by atoms with Crippen molar-refractivity contribution in [2.24, 2.45) is 0 Å². The number of aryl methyl sites for hydroxylation is 1. The van der Waals surface area contributed by atoms with Crippen LogP contribution in [0.25, 0.3) is 22.2 Å². The highest BCUT2D eigenvalue weighted by Crippen LogP contribution is 2.34. The first-order chi connectivity index (χ1) is 13.9. The van der Waals surface area contributed by atoms with Gasteiger partial charge in [-0.05, 0) is 60.7 Å². The van der Waals surface area contributed by atoms with Crippen LogP contribution in [0, 0.1) is 6.92 Å². The SMILES string of the molecule is CSc1ccc(-c2cc3nc(Oc4ccc(C)c(C(=O)[O-])c4)[nH]c3cc2Cl)cc1.[NH4+]. The molecule has 0 saturated carbocycles. The number of fused-ring (bicyclic) bond motifs is 1. The minimum atomic E-state index is -1.25. The smallest absolute Gasteiger partial charge is 0.300 e. The van der Waals surface area contributed by atoms with Crippen molar-refractivity contribution < 1.29 is 14.6 Å². The van der Waals surface area contributed by atoms with Gasteiger partial charge in [-0.3, -0.25) is 0 Å². The summed E-state index contributed by atoms with van der Waals surface area (Å²) in [6.07, 6.45) is 2.03. The van der Waals surface area contributed by atoms with Gasteiger partial charge in [0.25, 0.3) is 6.01 Å². The number of carbonyl (C=O) groups excluding carboxylic acids is 1. The summed E-state index contributed by atoms with van der Waals surface area (Å²) in [7, 11) is 0. The fourth-order valence-corrected chi connectivity index (χ4v) is 3.72. The lowest BCUT2D eigenvalue weighted by Gasteiger charge is -2.09. The topological polar surface area (TPSA) is 115 Å². The maximum Gasteiger partial charge on any atom is 0.300 e. The molecule has 0 unspecified atom stereocenters. The number of nitrogens with zero attached hydrogens (tertiary/aromatic N) is 1. The lowest BCUT2D eigenvalue weighted by Crippen LogP contribution is -2.23. The second kappa shape index (κ2) is 8.79. The van der Waals surface area contributed by atoms with E-state index in [1.54, 1.807) is 36.9 Å². The highest BCUT2D eigenvalue weighted by molar-refractivity contribution is 7.98. The minimum absolute atomic E-state index is 0. The van der Waals surface area contributed by atoms with Crippen LogP contribution in [-0.2, 0) is 0 Å². The number of nitrogens with one attached hydrogen (secondary N) is 1. The summed E-state index contributed by atoms with van der Waals surface area (Å²) in [4.78, 5) is 19.9. The van der Waals surface area contributed by atoms with Gasteiger partial charge in [-0.25, -0.2) is 0 Å². The largest absolute Gasteiger partial charge is 0.545 e. The maximum atomic E-state index is 11.2. The van der Waals surface area contributed by atoms with E-state index in [1.165, 1.54) is 11.0 Å². The molecule has 8 heteroatoms. The Morgan fingerprint density at radius 2 is 1.87 bits per heavy atom. The number of carboxylic acids is 1. The van der Waals surface area contributed by atoms with E-state index in [0.29, 0.717) is 21.9 Å². The van der Waals surface area contributed by atoms with Gasteiger partial charge in [-0.15, -0.1) is 11.8 Å². The van der Waals surface area contributed by atoms with Crippen LogP contribution in [0.15, 0.2) is 59.5 Å². The van der Waals surface area contributed by atoms with Crippen LogP contribution in [0.3, 0.4) is 0 Å².